The molecular weight excluding hydrogens is 268 g/mol. The first-order valence-corrected chi connectivity index (χ1v) is 7.59. The smallest absolute Gasteiger partial charge is 0.252 e. The summed E-state index contributed by atoms with van der Waals surface area (Å²) in [5.74, 6) is 2.73. The van der Waals surface area contributed by atoms with E-state index >= 15 is 0 Å². The average molecular weight is 288 g/mol. The van der Waals surface area contributed by atoms with E-state index in [1.165, 1.54) is 12.8 Å². The highest BCUT2D eigenvalue weighted by Gasteiger charge is 2.49. The standard InChI is InChI=1S/C15H20N4O2/c1-9-16-13(12-14(17-9)21-10(2)18-12)19-6-11-4-3-5-15(11,7-19)8-20/h11,20H,3-8H2,1-2H3/t11-,15+/m0/s1. The minimum Gasteiger partial charge on any atom is -0.422 e. The van der Waals surface area contributed by atoms with Crippen molar-refractivity contribution in [2.24, 2.45) is 11.3 Å². The van der Waals surface area contributed by atoms with E-state index < -0.39 is 0 Å². The molecule has 1 saturated carbocycles. The van der Waals surface area contributed by atoms with Crippen molar-refractivity contribution in [1.29, 1.82) is 0 Å². The molecular formula is C15H20N4O2. The van der Waals surface area contributed by atoms with Crippen LogP contribution in [0, 0.1) is 25.2 Å². The highest BCUT2D eigenvalue weighted by Crippen LogP contribution is 2.49. The molecule has 0 bridgehead atoms. The number of nitrogens with zero attached hydrogens (tertiary/aromatic N) is 4. The van der Waals surface area contributed by atoms with Crippen molar-refractivity contribution < 1.29 is 9.52 Å². The SMILES string of the molecule is Cc1nc(N2C[C@@H]3CCC[C@]3(CO)C2)c2nc(C)oc2n1. The summed E-state index contributed by atoms with van der Waals surface area (Å²) in [7, 11) is 0. The molecule has 6 nitrogen and oxygen atoms in total. The number of rotatable bonds is 2. The first-order valence-electron chi connectivity index (χ1n) is 7.59. The Bertz CT molecular complexity index is 698. The zero-order valence-corrected chi connectivity index (χ0v) is 12.5. The van der Waals surface area contributed by atoms with Crippen LogP contribution in [0.2, 0.25) is 0 Å². The van der Waals surface area contributed by atoms with Gasteiger partial charge < -0.3 is 14.4 Å². The number of anilines is 1. The fourth-order valence-electron chi connectivity index (χ4n) is 4.07. The van der Waals surface area contributed by atoms with Crippen LogP contribution in [0.4, 0.5) is 5.82 Å². The maximum Gasteiger partial charge on any atom is 0.252 e. The molecule has 21 heavy (non-hydrogen) atoms. The summed E-state index contributed by atoms with van der Waals surface area (Å²) < 4.78 is 5.56. The van der Waals surface area contributed by atoms with Gasteiger partial charge in [-0.25, -0.2) is 9.97 Å². The lowest BCUT2D eigenvalue weighted by atomic mass is 9.82. The average Bonchev–Trinajstić information content (AvgIpc) is 3.07. The second-order valence-corrected chi connectivity index (χ2v) is 6.47. The molecule has 0 radical (unpaired) electrons. The van der Waals surface area contributed by atoms with Gasteiger partial charge in [-0.3, -0.25) is 0 Å². The molecule has 2 aromatic heterocycles. The van der Waals surface area contributed by atoms with Gasteiger partial charge in [-0.15, -0.1) is 0 Å². The number of aliphatic hydroxyl groups is 1. The number of aliphatic hydroxyl groups excluding tert-OH is 1. The molecule has 112 valence electrons. The van der Waals surface area contributed by atoms with E-state index in [9.17, 15) is 5.11 Å². The van der Waals surface area contributed by atoms with Crippen LogP contribution in [0.5, 0.6) is 0 Å². The van der Waals surface area contributed by atoms with Gasteiger partial charge in [0.1, 0.15) is 5.82 Å². The first-order chi connectivity index (χ1) is 10.1. The molecule has 0 amide bonds. The molecule has 1 aliphatic carbocycles. The molecule has 2 aromatic rings. The molecule has 1 N–H and O–H groups in total. The topological polar surface area (TPSA) is 75.3 Å². The Kier molecular flexibility index (Phi) is 2.73. The molecule has 1 saturated heterocycles. The van der Waals surface area contributed by atoms with Gasteiger partial charge in [0.2, 0.25) is 0 Å². The lowest BCUT2D eigenvalue weighted by molar-refractivity contribution is 0.121. The molecule has 2 fully saturated rings. The quantitative estimate of drug-likeness (QED) is 0.908. The molecule has 4 rings (SSSR count). The van der Waals surface area contributed by atoms with Crippen molar-refractivity contribution in [3.05, 3.63) is 11.7 Å². The van der Waals surface area contributed by atoms with E-state index in [2.05, 4.69) is 19.9 Å². The lowest BCUT2D eigenvalue weighted by Gasteiger charge is -2.26. The van der Waals surface area contributed by atoms with Crippen LogP contribution in [-0.2, 0) is 0 Å². The second kappa shape index (κ2) is 4.40. The lowest BCUT2D eigenvalue weighted by Crippen LogP contribution is -2.31. The predicted octanol–water partition coefficient (Wildman–Crippen LogP) is 1.83. The summed E-state index contributed by atoms with van der Waals surface area (Å²) in [6.45, 7) is 5.76. The molecule has 6 heteroatoms. The van der Waals surface area contributed by atoms with Crippen LogP contribution in [0.15, 0.2) is 4.42 Å². The third-order valence-electron chi connectivity index (χ3n) is 5.11. The summed E-state index contributed by atoms with van der Waals surface area (Å²) in [5, 5.41) is 9.87. The van der Waals surface area contributed by atoms with Gasteiger partial charge in [0, 0.05) is 25.4 Å². The third kappa shape index (κ3) is 1.85. The largest absolute Gasteiger partial charge is 0.422 e. The minimum atomic E-state index is 0.0456. The summed E-state index contributed by atoms with van der Waals surface area (Å²) in [4.78, 5) is 15.6. The van der Waals surface area contributed by atoms with Crippen LogP contribution < -0.4 is 4.90 Å². The predicted molar refractivity (Wildman–Crippen MR) is 78.1 cm³/mol. The highest BCUT2D eigenvalue weighted by molar-refractivity contribution is 5.82. The van der Waals surface area contributed by atoms with E-state index in [-0.39, 0.29) is 12.0 Å². The van der Waals surface area contributed by atoms with Crippen LogP contribution in [0.25, 0.3) is 11.2 Å². The van der Waals surface area contributed by atoms with Crippen molar-refractivity contribution in [1.82, 2.24) is 15.0 Å². The van der Waals surface area contributed by atoms with E-state index in [4.69, 9.17) is 4.42 Å². The monoisotopic (exact) mass is 288 g/mol. The van der Waals surface area contributed by atoms with Crippen molar-refractivity contribution in [3.63, 3.8) is 0 Å². The first kappa shape index (κ1) is 13.0. The molecule has 3 heterocycles. The molecule has 0 aromatic carbocycles. The van der Waals surface area contributed by atoms with Gasteiger partial charge >= 0.3 is 0 Å². The van der Waals surface area contributed by atoms with E-state index in [0.29, 0.717) is 23.3 Å². The van der Waals surface area contributed by atoms with Gasteiger partial charge in [0.25, 0.3) is 5.71 Å². The normalized spacial score (nSPS) is 28.5. The van der Waals surface area contributed by atoms with Crippen molar-refractivity contribution >= 4 is 17.0 Å². The van der Waals surface area contributed by atoms with Gasteiger partial charge in [0.15, 0.2) is 17.2 Å². The van der Waals surface area contributed by atoms with Gasteiger partial charge in [-0.2, -0.15) is 4.98 Å². The number of hydrogen-bond donors (Lipinski definition) is 1. The Hall–Kier alpha value is -1.69. The second-order valence-electron chi connectivity index (χ2n) is 6.47. The Labute approximate surface area is 123 Å². The molecule has 1 aliphatic heterocycles. The van der Waals surface area contributed by atoms with Gasteiger partial charge in [-0.1, -0.05) is 6.42 Å². The number of oxazole rings is 1. The Morgan fingerprint density at radius 3 is 2.95 bits per heavy atom. The van der Waals surface area contributed by atoms with Crippen molar-refractivity contribution in [2.45, 2.75) is 33.1 Å². The van der Waals surface area contributed by atoms with E-state index in [0.717, 1.165) is 30.8 Å². The molecule has 2 aliphatic rings. The molecule has 0 spiro atoms. The summed E-state index contributed by atoms with van der Waals surface area (Å²) >= 11 is 0. The van der Waals surface area contributed by atoms with Crippen LogP contribution in [0.1, 0.15) is 31.0 Å². The summed E-state index contributed by atoms with van der Waals surface area (Å²) in [6.07, 6.45) is 3.53. The zero-order valence-electron chi connectivity index (χ0n) is 12.5. The van der Waals surface area contributed by atoms with Crippen LogP contribution in [-0.4, -0.2) is 39.8 Å². The van der Waals surface area contributed by atoms with Crippen LogP contribution >= 0.6 is 0 Å². The van der Waals surface area contributed by atoms with Gasteiger partial charge in [0.05, 0.1) is 6.61 Å². The molecule has 0 unspecified atom stereocenters. The number of hydrogen-bond acceptors (Lipinski definition) is 6. The Morgan fingerprint density at radius 2 is 2.19 bits per heavy atom. The van der Waals surface area contributed by atoms with Crippen molar-refractivity contribution in [2.75, 3.05) is 24.6 Å². The summed E-state index contributed by atoms with van der Waals surface area (Å²) in [6, 6.07) is 0. The maximum absolute atomic E-state index is 9.87. The summed E-state index contributed by atoms with van der Waals surface area (Å²) in [5.41, 5.74) is 1.35. The van der Waals surface area contributed by atoms with Gasteiger partial charge in [-0.05, 0) is 25.7 Å². The number of fused-ring (bicyclic) bond motifs is 2. The minimum absolute atomic E-state index is 0.0456. The van der Waals surface area contributed by atoms with E-state index in [1.807, 2.05) is 13.8 Å². The Balaban J connectivity index is 1.78. The highest BCUT2D eigenvalue weighted by atomic mass is 16.4. The number of aromatic nitrogens is 3. The third-order valence-corrected chi connectivity index (χ3v) is 5.11. The zero-order chi connectivity index (χ0) is 14.6. The van der Waals surface area contributed by atoms with Crippen LogP contribution in [0.3, 0.4) is 0 Å². The molecule has 2 atom stereocenters. The van der Waals surface area contributed by atoms with E-state index in [1.54, 1.807) is 0 Å². The Morgan fingerprint density at radius 1 is 1.33 bits per heavy atom. The number of aryl methyl sites for hydroxylation is 2. The maximum atomic E-state index is 9.87. The van der Waals surface area contributed by atoms with Crippen molar-refractivity contribution in [3.8, 4) is 0 Å². The fourth-order valence-corrected chi connectivity index (χ4v) is 4.07. The fraction of sp³-hybridized carbons (Fsp3) is 0.667.